The number of nitrogens with zero attached hydrogens (tertiary/aromatic N) is 2. The van der Waals surface area contributed by atoms with Crippen molar-refractivity contribution in [2.24, 2.45) is 0 Å². The lowest BCUT2D eigenvalue weighted by Gasteiger charge is -2.04. The van der Waals surface area contributed by atoms with Crippen molar-refractivity contribution in [2.75, 3.05) is 0 Å². The highest BCUT2D eigenvalue weighted by molar-refractivity contribution is 6.30. The van der Waals surface area contributed by atoms with E-state index in [1.807, 2.05) is 40.9 Å². The third-order valence-corrected chi connectivity index (χ3v) is 4.44. The van der Waals surface area contributed by atoms with Crippen LogP contribution in [0.15, 0.2) is 72.9 Å². The second kappa shape index (κ2) is 7.21. The highest BCUT2D eigenvalue weighted by atomic mass is 35.5. The van der Waals surface area contributed by atoms with Crippen molar-refractivity contribution in [1.29, 1.82) is 0 Å². The van der Waals surface area contributed by atoms with Gasteiger partial charge in [-0.2, -0.15) is 0 Å². The van der Waals surface area contributed by atoms with E-state index in [0.29, 0.717) is 28.6 Å². The predicted molar refractivity (Wildman–Crippen MR) is 103 cm³/mol. The predicted octanol–water partition coefficient (Wildman–Crippen LogP) is 4.72. The van der Waals surface area contributed by atoms with Gasteiger partial charge in [-0.3, -0.25) is 9.20 Å². The molecule has 0 aliphatic heterocycles. The molecule has 0 spiro atoms. The molecule has 2 aromatic heterocycles. The molecule has 6 heteroatoms. The van der Waals surface area contributed by atoms with E-state index in [9.17, 15) is 9.18 Å². The van der Waals surface area contributed by atoms with Crippen molar-refractivity contribution in [3.63, 3.8) is 0 Å². The maximum Gasteiger partial charge on any atom is 0.272 e. The summed E-state index contributed by atoms with van der Waals surface area (Å²) < 4.78 is 15.1. The maximum atomic E-state index is 13.2. The average Bonchev–Trinajstić information content (AvgIpc) is 3.07. The smallest absolute Gasteiger partial charge is 0.272 e. The van der Waals surface area contributed by atoms with Crippen LogP contribution in [0.3, 0.4) is 0 Å². The van der Waals surface area contributed by atoms with Gasteiger partial charge in [0.05, 0.1) is 5.52 Å². The van der Waals surface area contributed by atoms with Crippen LogP contribution >= 0.6 is 11.6 Å². The van der Waals surface area contributed by atoms with Gasteiger partial charge in [-0.05, 0) is 54.1 Å². The Morgan fingerprint density at radius 2 is 1.89 bits per heavy atom. The van der Waals surface area contributed by atoms with Gasteiger partial charge in [0.1, 0.15) is 11.6 Å². The van der Waals surface area contributed by atoms with E-state index in [1.165, 1.54) is 12.1 Å². The summed E-state index contributed by atoms with van der Waals surface area (Å²) in [5.74, 6) is -0.0235. The fourth-order valence-corrected chi connectivity index (χ4v) is 3.13. The summed E-state index contributed by atoms with van der Waals surface area (Å²) in [4.78, 5) is 17.3. The summed E-state index contributed by atoms with van der Waals surface area (Å²) in [6.45, 7) is 0.344. The zero-order valence-electron chi connectivity index (χ0n) is 14.2. The van der Waals surface area contributed by atoms with Gasteiger partial charge in [-0.25, -0.2) is 9.37 Å². The first-order chi connectivity index (χ1) is 13.1. The van der Waals surface area contributed by atoms with E-state index < -0.39 is 0 Å². The van der Waals surface area contributed by atoms with E-state index in [1.54, 1.807) is 24.3 Å². The molecule has 0 saturated carbocycles. The molecule has 1 amide bonds. The van der Waals surface area contributed by atoms with E-state index in [4.69, 9.17) is 11.6 Å². The first-order valence-electron chi connectivity index (χ1n) is 8.37. The van der Waals surface area contributed by atoms with Gasteiger partial charge in [0.2, 0.25) is 0 Å². The van der Waals surface area contributed by atoms with Gasteiger partial charge >= 0.3 is 0 Å². The molecule has 4 rings (SSSR count). The van der Waals surface area contributed by atoms with Crippen molar-refractivity contribution in [2.45, 2.75) is 6.54 Å². The zero-order chi connectivity index (χ0) is 18.8. The molecular formula is C21H15ClFN3O. The molecule has 4 nitrogen and oxygen atoms in total. The van der Waals surface area contributed by atoms with Crippen LogP contribution in [0.5, 0.6) is 0 Å². The number of imidazole rings is 1. The summed E-state index contributed by atoms with van der Waals surface area (Å²) in [5, 5.41) is 3.49. The molecule has 27 heavy (non-hydrogen) atoms. The molecule has 0 fully saturated rings. The molecular weight excluding hydrogens is 365 g/mol. The molecule has 4 aromatic rings. The van der Waals surface area contributed by atoms with Crippen molar-refractivity contribution < 1.29 is 9.18 Å². The fourth-order valence-electron chi connectivity index (χ4n) is 2.92. The van der Waals surface area contributed by atoms with Crippen molar-refractivity contribution in [1.82, 2.24) is 14.7 Å². The zero-order valence-corrected chi connectivity index (χ0v) is 14.9. The Labute approximate surface area is 160 Å². The van der Waals surface area contributed by atoms with E-state index in [2.05, 4.69) is 10.3 Å². The summed E-state index contributed by atoms with van der Waals surface area (Å²) >= 11 is 5.98. The molecule has 2 aromatic carbocycles. The third-order valence-electron chi connectivity index (χ3n) is 4.21. The SMILES string of the molecule is O=C(NCc1cccc(Cl)c1)c1nc(-c2ccc(F)cc2)n2ccccc12. The lowest BCUT2D eigenvalue weighted by molar-refractivity contribution is 0.0948. The maximum absolute atomic E-state index is 13.2. The molecule has 0 atom stereocenters. The number of carbonyl (C=O) groups excluding carboxylic acids is 1. The van der Waals surface area contributed by atoms with Gasteiger partial charge in [0, 0.05) is 23.3 Å². The molecule has 1 N–H and O–H groups in total. The number of nitrogens with one attached hydrogen (secondary N) is 1. The number of aromatic nitrogens is 2. The van der Waals surface area contributed by atoms with Gasteiger partial charge in [-0.15, -0.1) is 0 Å². The van der Waals surface area contributed by atoms with Crippen molar-refractivity contribution in [3.8, 4) is 11.4 Å². The monoisotopic (exact) mass is 379 g/mol. The van der Waals surface area contributed by atoms with Crippen molar-refractivity contribution in [3.05, 3.63) is 95.0 Å². The molecule has 0 saturated heterocycles. The minimum atomic E-state index is -0.320. The van der Waals surface area contributed by atoms with Gasteiger partial charge in [0.15, 0.2) is 5.69 Å². The van der Waals surface area contributed by atoms with Crippen LogP contribution in [0.1, 0.15) is 16.1 Å². The number of halogens is 2. The lowest BCUT2D eigenvalue weighted by atomic mass is 10.2. The Kier molecular flexibility index (Phi) is 4.60. The number of carbonyl (C=O) groups is 1. The van der Waals surface area contributed by atoms with Crippen LogP contribution in [-0.4, -0.2) is 15.3 Å². The molecule has 2 heterocycles. The Balaban J connectivity index is 1.67. The molecule has 0 aliphatic rings. The van der Waals surface area contributed by atoms with Crippen molar-refractivity contribution >= 4 is 23.0 Å². The van der Waals surface area contributed by atoms with E-state index in [-0.39, 0.29) is 11.7 Å². The Morgan fingerprint density at radius 1 is 1.07 bits per heavy atom. The first kappa shape index (κ1) is 17.2. The van der Waals surface area contributed by atoms with Gasteiger partial charge < -0.3 is 5.32 Å². The third kappa shape index (κ3) is 3.55. The van der Waals surface area contributed by atoms with Gasteiger partial charge in [-0.1, -0.05) is 29.8 Å². The Hall–Kier alpha value is -3.18. The number of hydrogen-bond acceptors (Lipinski definition) is 2. The second-order valence-corrected chi connectivity index (χ2v) is 6.50. The number of benzene rings is 2. The number of hydrogen-bond donors (Lipinski definition) is 1. The van der Waals surface area contributed by atoms with Crippen LogP contribution in [0.25, 0.3) is 16.9 Å². The fraction of sp³-hybridized carbons (Fsp3) is 0.0476. The largest absolute Gasteiger partial charge is 0.347 e. The van der Waals surface area contributed by atoms with Crippen LogP contribution in [0.2, 0.25) is 5.02 Å². The van der Waals surface area contributed by atoms with Crippen LogP contribution < -0.4 is 5.32 Å². The van der Waals surface area contributed by atoms with E-state index >= 15 is 0 Å². The van der Waals surface area contributed by atoms with E-state index in [0.717, 1.165) is 11.1 Å². The summed E-state index contributed by atoms with van der Waals surface area (Å²) in [7, 11) is 0. The molecule has 0 unspecified atom stereocenters. The van der Waals surface area contributed by atoms with Crippen LogP contribution in [0, 0.1) is 5.82 Å². The number of rotatable bonds is 4. The summed E-state index contributed by atoms with van der Waals surface area (Å²) in [5.41, 5.74) is 2.63. The van der Waals surface area contributed by atoms with Gasteiger partial charge in [0.25, 0.3) is 5.91 Å². The topological polar surface area (TPSA) is 46.4 Å². The van der Waals surface area contributed by atoms with Crippen LogP contribution in [-0.2, 0) is 6.54 Å². The molecule has 0 bridgehead atoms. The number of fused-ring (bicyclic) bond motifs is 1. The number of pyridine rings is 1. The summed E-state index contributed by atoms with van der Waals surface area (Å²) in [6.07, 6.45) is 1.83. The minimum Gasteiger partial charge on any atom is -0.347 e. The second-order valence-electron chi connectivity index (χ2n) is 6.06. The highest BCUT2D eigenvalue weighted by Crippen LogP contribution is 2.23. The summed E-state index contributed by atoms with van der Waals surface area (Å²) in [6, 6.07) is 18.9. The number of amides is 1. The minimum absolute atomic E-state index is 0.285. The molecule has 0 aliphatic carbocycles. The quantitative estimate of drug-likeness (QED) is 0.557. The highest BCUT2D eigenvalue weighted by Gasteiger charge is 2.18. The Bertz CT molecular complexity index is 1120. The molecule has 0 radical (unpaired) electrons. The normalized spacial score (nSPS) is 10.9. The average molecular weight is 380 g/mol. The lowest BCUT2D eigenvalue weighted by Crippen LogP contribution is -2.23. The Morgan fingerprint density at radius 3 is 2.67 bits per heavy atom. The standard InChI is InChI=1S/C21H15ClFN3O/c22-16-5-3-4-14(12-16)13-24-21(27)19-18-6-1-2-11-26(18)20(25-19)15-7-9-17(23)10-8-15/h1-12H,13H2,(H,24,27). The first-order valence-corrected chi connectivity index (χ1v) is 8.75. The van der Waals surface area contributed by atoms with Crippen LogP contribution in [0.4, 0.5) is 4.39 Å². The molecule has 134 valence electrons.